The van der Waals surface area contributed by atoms with E-state index >= 15 is 0 Å². The first kappa shape index (κ1) is 19.6. The average Bonchev–Trinajstić information content (AvgIpc) is 2.69. The van der Waals surface area contributed by atoms with Crippen LogP contribution >= 0.6 is 11.8 Å². The summed E-state index contributed by atoms with van der Waals surface area (Å²) < 4.78 is 20.3. The molecule has 2 aromatic rings. The number of thioether (sulfide) groups is 1. The number of H-pyrrole nitrogens is 1. The van der Waals surface area contributed by atoms with Gasteiger partial charge in [-0.15, -0.1) is 0 Å². The number of halogens is 1. The normalized spacial score (nSPS) is 14.9. The lowest BCUT2D eigenvalue weighted by Crippen LogP contribution is -2.15. The lowest BCUT2D eigenvalue weighted by Gasteiger charge is -2.21. The van der Waals surface area contributed by atoms with Crippen LogP contribution in [-0.4, -0.2) is 22.8 Å². The van der Waals surface area contributed by atoms with Crippen LogP contribution < -0.4 is 5.56 Å². The molecule has 1 aromatic heterocycles. The summed E-state index contributed by atoms with van der Waals surface area (Å²) in [5.41, 5.74) is 0.421. The van der Waals surface area contributed by atoms with Gasteiger partial charge in [-0.1, -0.05) is 43.2 Å². The summed E-state index contributed by atoms with van der Waals surface area (Å²) in [6, 6.07) is 6.48. The highest BCUT2D eigenvalue weighted by atomic mass is 32.2. The monoisotopic (exact) mass is 387 g/mol. The highest BCUT2D eigenvalue weighted by Gasteiger charge is 2.16. The summed E-state index contributed by atoms with van der Waals surface area (Å²) in [5, 5.41) is 9.64. The van der Waals surface area contributed by atoms with E-state index in [4.69, 9.17) is 4.74 Å². The second-order valence-electron chi connectivity index (χ2n) is 6.74. The Hall–Kier alpha value is -2.17. The molecule has 0 spiro atoms. The molecule has 1 aliphatic carbocycles. The predicted molar refractivity (Wildman–Crippen MR) is 103 cm³/mol. The van der Waals surface area contributed by atoms with Crippen LogP contribution in [0.25, 0.3) is 11.3 Å². The minimum Gasteiger partial charge on any atom is -0.376 e. The zero-order valence-corrected chi connectivity index (χ0v) is 16.1. The first-order chi connectivity index (χ1) is 13.1. The van der Waals surface area contributed by atoms with Crippen molar-refractivity contribution in [1.29, 1.82) is 5.26 Å². The predicted octanol–water partition coefficient (Wildman–Crippen LogP) is 4.27. The second-order valence-corrected chi connectivity index (χ2v) is 7.53. The van der Waals surface area contributed by atoms with Crippen molar-refractivity contribution in [3.05, 3.63) is 45.5 Å². The van der Waals surface area contributed by atoms with E-state index in [2.05, 4.69) is 9.97 Å². The van der Waals surface area contributed by atoms with Crippen LogP contribution in [-0.2, 0) is 11.3 Å². The van der Waals surface area contributed by atoms with Gasteiger partial charge in [0.25, 0.3) is 5.56 Å². The van der Waals surface area contributed by atoms with Gasteiger partial charge < -0.3 is 9.72 Å². The number of nitrogens with zero attached hydrogens (tertiary/aromatic N) is 2. The van der Waals surface area contributed by atoms with Crippen molar-refractivity contribution in [2.24, 2.45) is 5.92 Å². The molecule has 1 N–H and O–H groups in total. The fraction of sp³-hybridized carbons (Fsp3) is 0.450. The Bertz CT molecular complexity index is 901. The summed E-state index contributed by atoms with van der Waals surface area (Å²) in [6.07, 6.45) is 7.93. The highest BCUT2D eigenvalue weighted by molar-refractivity contribution is 7.98. The number of rotatable bonds is 6. The third kappa shape index (κ3) is 4.76. The van der Waals surface area contributed by atoms with Crippen LogP contribution in [0.3, 0.4) is 0 Å². The van der Waals surface area contributed by atoms with Gasteiger partial charge in [0, 0.05) is 17.7 Å². The number of aromatic nitrogens is 2. The van der Waals surface area contributed by atoms with Gasteiger partial charge in [-0.2, -0.15) is 5.26 Å². The number of hydrogen-bond donors (Lipinski definition) is 1. The van der Waals surface area contributed by atoms with E-state index < -0.39 is 11.4 Å². The molecule has 0 saturated heterocycles. The molecular weight excluding hydrogens is 365 g/mol. The van der Waals surface area contributed by atoms with E-state index in [1.807, 2.05) is 6.07 Å². The molecule has 5 nitrogen and oxygen atoms in total. The third-order valence-corrected chi connectivity index (χ3v) is 5.45. The molecular formula is C20H22FN3O2S. The third-order valence-electron chi connectivity index (χ3n) is 4.87. The molecule has 0 radical (unpaired) electrons. The van der Waals surface area contributed by atoms with Crippen LogP contribution in [0.1, 0.15) is 43.2 Å². The van der Waals surface area contributed by atoms with Gasteiger partial charge in [-0.3, -0.25) is 4.79 Å². The number of nitrogens with one attached hydrogen (secondary N) is 1. The first-order valence-corrected chi connectivity index (χ1v) is 10.3. The summed E-state index contributed by atoms with van der Waals surface area (Å²) in [7, 11) is 0. The molecule has 1 aromatic carbocycles. The number of benzene rings is 1. The molecule has 0 bridgehead atoms. The van der Waals surface area contributed by atoms with Crippen molar-refractivity contribution in [2.75, 3.05) is 12.9 Å². The van der Waals surface area contributed by atoms with Crippen molar-refractivity contribution in [3.63, 3.8) is 0 Å². The molecule has 0 aliphatic heterocycles. The van der Waals surface area contributed by atoms with Crippen molar-refractivity contribution >= 4 is 11.8 Å². The average molecular weight is 387 g/mol. The standard InChI is InChI=1S/C20H22FN3O2S/c1-27-20-23-18(16(10-22)19(25)24-20)14-7-8-15(17(21)9-14)12-26-11-13-5-3-2-4-6-13/h7-9,13H,2-6,11-12H2,1H3,(H,23,24,25). The van der Waals surface area contributed by atoms with Crippen molar-refractivity contribution in [3.8, 4) is 17.3 Å². The molecule has 142 valence electrons. The molecule has 27 heavy (non-hydrogen) atoms. The number of hydrogen-bond acceptors (Lipinski definition) is 5. The Morgan fingerprint density at radius 1 is 1.37 bits per heavy atom. The Labute approximate surface area is 162 Å². The van der Waals surface area contributed by atoms with Gasteiger partial charge in [0.05, 0.1) is 12.3 Å². The maximum atomic E-state index is 14.5. The SMILES string of the molecule is CSc1nc(-c2ccc(COCC3CCCCC3)c(F)c2)c(C#N)c(=O)[nH]1. The molecule has 1 heterocycles. The minimum atomic E-state index is -0.521. The van der Waals surface area contributed by atoms with Gasteiger partial charge in [0.15, 0.2) is 5.16 Å². The maximum absolute atomic E-state index is 14.5. The van der Waals surface area contributed by atoms with Gasteiger partial charge in [0.1, 0.15) is 17.4 Å². The molecule has 0 amide bonds. The number of nitriles is 1. The Morgan fingerprint density at radius 3 is 2.81 bits per heavy atom. The van der Waals surface area contributed by atoms with Crippen molar-refractivity contribution < 1.29 is 9.13 Å². The van der Waals surface area contributed by atoms with Crippen LogP contribution in [0.15, 0.2) is 28.2 Å². The Balaban J connectivity index is 1.76. The van der Waals surface area contributed by atoms with Crippen molar-refractivity contribution in [1.82, 2.24) is 9.97 Å². The molecule has 0 unspecified atom stereocenters. The Morgan fingerprint density at radius 2 is 2.15 bits per heavy atom. The summed E-state index contributed by atoms with van der Waals surface area (Å²) in [4.78, 5) is 18.8. The summed E-state index contributed by atoms with van der Waals surface area (Å²) in [6.45, 7) is 0.874. The number of aromatic amines is 1. The summed E-state index contributed by atoms with van der Waals surface area (Å²) in [5.74, 6) is 0.150. The fourth-order valence-corrected chi connectivity index (χ4v) is 3.74. The van der Waals surface area contributed by atoms with Crippen molar-refractivity contribution in [2.45, 2.75) is 43.9 Å². The van der Waals surface area contributed by atoms with Crippen LogP contribution in [0.5, 0.6) is 0 Å². The lowest BCUT2D eigenvalue weighted by atomic mass is 9.90. The molecule has 1 saturated carbocycles. The zero-order chi connectivity index (χ0) is 19.2. The highest BCUT2D eigenvalue weighted by Crippen LogP contribution is 2.26. The largest absolute Gasteiger partial charge is 0.376 e. The molecule has 3 rings (SSSR count). The second kappa shape index (κ2) is 9.16. The zero-order valence-electron chi connectivity index (χ0n) is 15.3. The van der Waals surface area contributed by atoms with Gasteiger partial charge in [0.2, 0.25) is 0 Å². The Kier molecular flexibility index (Phi) is 6.64. The quantitative estimate of drug-likeness (QED) is 0.592. The first-order valence-electron chi connectivity index (χ1n) is 9.07. The van der Waals surface area contributed by atoms with Gasteiger partial charge in [-0.25, -0.2) is 9.37 Å². The molecule has 1 aliphatic rings. The van der Waals surface area contributed by atoms with E-state index in [-0.39, 0.29) is 17.9 Å². The fourth-order valence-electron chi connectivity index (χ4n) is 3.36. The number of ether oxygens (including phenoxy) is 1. The van der Waals surface area contributed by atoms with E-state index in [9.17, 15) is 14.4 Å². The van der Waals surface area contributed by atoms with Gasteiger partial charge >= 0.3 is 0 Å². The minimum absolute atomic E-state index is 0.117. The molecule has 0 atom stereocenters. The molecule has 1 fully saturated rings. The topological polar surface area (TPSA) is 78.8 Å². The van der Waals surface area contributed by atoms with Crippen LogP contribution in [0, 0.1) is 23.1 Å². The van der Waals surface area contributed by atoms with E-state index in [0.29, 0.717) is 28.8 Å². The van der Waals surface area contributed by atoms with E-state index in [0.717, 1.165) is 0 Å². The smallest absolute Gasteiger partial charge is 0.270 e. The maximum Gasteiger partial charge on any atom is 0.270 e. The van der Waals surface area contributed by atoms with E-state index in [1.165, 1.54) is 49.9 Å². The summed E-state index contributed by atoms with van der Waals surface area (Å²) >= 11 is 1.25. The lowest BCUT2D eigenvalue weighted by molar-refractivity contribution is 0.0723. The van der Waals surface area contributed by atoms with E-state index in [1.54, 1.807) is 18.4 Å². The van der Waals surface area contributed by atoms with Crippen LogP contribution in [0.4, 0.5) is 4.39 Å². The van der Waals surface area contributed by atoms with Gasteiger partial charge in [-0.05, 0) is 31.1 Å². The van der Waals surface area contributed by atoms with Crippen LogP contribution in [0.2, 0.25) is 0 Å². The molecule has 7 heteroatoms.